The molecule has 28 heavy (non-hydrogen) atoms. The maximum atomic E-state index is 13.1. The third-order valence-electron chi connectivity index (χ3n) is 4.30. The lowest BCUT2D eigenvalue weighted by atomic mass is 10.1. The van der Waals surface area contributed by atoms with E-state index in [0.29, 0.717) is 23.7 Å². The molecular formula is C21H17FN4O2. The van der Waals surface area contributed by atoms with E-state index in [1.807, 2.05) is 18.2 Å². The average Bonchev–Trinajstić information content (AvgIpc) is 3.37. The molecule has 0 aliphatic heterocycles. The smallest absolute Gasteiger partial charge is 0.269 e. The standard InChI is InChI=1S/C21H17FN4O2/c1-26-19(11-18(25-26)15-5-7-16(22)8-6-15)21(27)24-13-14-4-9-17(23-12-14)20-3-2-10-28-20/h2-12H,13H2,1H3,(H,24,27). The van der Waals surface area contributed by atoms with Gasteiger partial charge in [-0.1, -0.05) is 6.07 Å². The van der Waals surface area contributed by atoms with Crippen LogP contribution in [0.3, 0.4) is 0 Å². The fraction of sp³-hybridized carbons (Fsp3) is 0.0952. The number of amides is 1. The van der Waals surface area contributed by atoms with Crippen LogP contribution in [-0.4, -0.2) is 20.7 Å². The van der Waals surface area contributed by atoms with Crippen molar-refractivity contribution in [3.63, 3.8) is 0 Å². The van der Waals surface area contributed by atoms with Crippen molar-refractivity contribution < 1.29 is 13.6 Å². The van der Waals surface area contributed by atoms with Gasteiger partial charge in [0.25, 0.3) is 5.91 Å². The van der Waals surface area contributed by atoms with Crippen molar-refractivity contribution in [1.29, 1.82) is 0 Å². The molecule has 0 atom stereocenters. The molecule has 6 nitrogen and oxygen atoms in total. The number of hydrogen-bond acceptors (Lipinski definition) is 4. The van der Waals surface area contributed by atoms with Gasteiger partial charge in [-0.15, -0.1) is 0 Å². The van der Waals surface area contributed by atoms with Crippen molar-refractivity contribution in [3.05, 3.63) is 84.1 Å². The third-order valence-corrected chi connectivity index (χ3v) is 4.30. The Labute approximate surface area is 160 Å². The molecule has 0 saturated heterocycles. The number of pyridine rings is 1. The van der Waals surface area contributed by atoms with Crippen LogP contribution in [0.25, 0.3) is 22.7 Å². The van der Waals surface area contributed by atoms with Crippen LogP contribution in [-0.2, 0) is 13.6 Å². The van der Waals surface area contributed by atoms with Gasteiger partial charge in [-0.2, -0.15) is 5.10 Å². The van der Waals surface area contributed by atoms with E-state index in [2.05, 4.69) is 15.4 Å². The number of benzene rings is 1. The van der Waals surface area contributed by atoms with Crippen molar-refractivity contribution in [3.8, 4) is 22.7 Å². The summed E-state index contributed by atoms with van der Waals surface area (Å²) >= 11 is 0. The van der Waals surface area contributed by atoms with E-state index in [4.69, 9.17) is 4.42 Å². The molecule has 4 aromatic rings. The van der Waals surface area contributed by atoms with Gasteiger partial charge < -0.3 is 9.73 Å². The molecule has 3 heterocycles. The van der Waals surface area contributed by atoms with Crippen molar-refractivity contribution in [2.75, 3.05) is 0 Å². The lowest BCUT2D eigenvalue weighted by Crippen LogP contribution is -2.25. The molecule has 1 aromatic carbocycles. The number of carbonyl (C=O) groups is 1. The van der Waals surface area contributed by atoms with E-state index >= 15 is 0 Å². The Hall–Kier alpha value is -3.74. The Bertz CT molecular complexity index is 1080. The molecule has 0 aliphatic rings. The quantitative estimate of drug-likeness (QED) is 0.575. The van der Waals surface area contributed by atoms with Gasteiger partial charge in [-0.25, -0.2) is 4.39 Å². The SMILES string of the molecule is Cn1nc(-c2ccc(F)cc2)cc1C(=O)NCc1ccc(-c2ccco2)nc1. The number of aromatic nitrogens is 3. The average molecular weight is 376 g/mol. The van der Waals surface area contributed by atoms with E-state index in [0.717, 1.165) is 16.8 Å². The molecule has 0 spiro atoms. The zero-order valence-electron chi connectivity index (χ0n) is 15.1. The highest BCUT2D eigenvalue weighted by Gasteiger charge is 2.14. The lowest BCUT2D eigenvalue weighted by Gasteiger charge is -2.05. The number of aryl methyl sites for hydroxylation is 1. The van der Waals surface area contributed by atoms with E-state index in [9.17, 15) is 9.18 Å². The predicted octanol–water partition coefficient (Wildman–Crippen LogP) is 3.81. The van der Waals surface area contributed by atoms with Crippen LogP contribution in [0.4, 0.5) is 4.39 Å². The summed E-state index contributed by atoms with van der Waals surface area (Å²) in [4.78, 5) is 16.9. The Kier molecular flexibility index (Phi) is 4.72. The van der Waals surface area contributed by atoms with Gasteiger partial charge in [0.2, 0.25) is 0 Å². The van der Waals surface area contributed by atoms with Crippen molar-refractivity contribution in [2.45, 2.75) is 6.54 Å². The largest absolute Gasteiger partial charge is 0.463 e. The number of carbonyl (C=O) groups excluding carboxylic acids is 1. The molecule has 0 saturated carbocycles. The predicted molar refractivity (Wildman–Crippen MR) is 102 cm³/mol. The molecule has 0 fully saturated rings. The van der Waals surface area contributed by atoms with Gasteiger partial charge in [0.1, 0.15) is 17.2 Å². The summed E-state index contributed by atoms with van der Waals surface area (Å²) < 4.78 is 19.9. The van der Waals surface area contributed by atoms with E-state index in [1.54, 1.807) is 43.8 Å². The van der Waals surface area contributed by atoms with Gasteiger partial charge >= 0.3 is 0 Å². The summed E-state index contributed by atoms with van der Waals surface area (Å²) in [5, 5.41) is 7.20. The van der Waals surface area contributed by atoms with Crippen molar-refractivity contribution in [2.24, 2.45) is 7.05 Å². The molecule has 0 bridgehead atoms. The van der Waals surface area contributed by atoms with Gasteiger partial charge in [0.05, 0.1) is 12.0 Å². The number of hydrogen-bond donors (Lipinski definition) is 1. The van der Waals surface area contributed by atoms with Gasteiger partial charge in [0.15, 0.2) is 5.76 Å². The van der Waals surface area contributed by atoms with Crippen molar-refractivity contribution in [1.82, 2.24) is 20.1 Å². The molecule has 140 valence electrons. The highest BCUT2D eigenvalue weighted by Crippen LogP contribution is 2.20. The van der Waals surface area contributed by atoms with Crippen LogP contribution in [0.1, 0.15) is 16.1 Å². The summed E-state index contributed by atoms with van der Waals surface area (Å²) in [6, 6.07) is 15.0. The van der Waals surface area contributed by atoms with E-state index in [1.165, 1.54) is 16.8 Å². The monoisotopic (exact) mass is 376 g/mol. The number of halogens is 1. The Morgan fingerprint density at radius 3 is 2.64 bits per heavy atom. The minimum absolute atomic E-state index is 0.251. The van der Waals surface area contributed by atoms with Gasteiger partial charge in [0, 0.05) is 25.4 Å². The minimum atomic E-state index is -0.315. The maximum absolute atomic E-state index is 13.1. The van der Waals surface area contributed by atoms with Crippen LogP contribution in [0.5, 0.6) is 0 Å². The molecule has 7 heteroatoms. The summed E-state index contributed by atoms with van der Waals surface area (Å²) in [6.45, 7) is 0.335. The number of nitrogens with one attached hydrogen (secondary N) is 1. The first-order valence-electron chi connectivity index (χ1n) is 8.67. The Morgan fingerprint density at radius 2 is 1.96 bits per heavy atom. The number of furan rings is 1. The highest BCUT2D eigenvalue weighted by atomic mass is 19.1. The number of rotatable bonds is 5. The Morgan fingerprint density at radius 1 is 1.14 bits per heavy atom. The number of nitrogens with zero attached hydrogens (tertiary/aromatic N) is 3. The van der Waals surface area contributed by atoms with Crippen LogP contribution in [0.15, 0.2) is 71.5 Å². The fourth-order valence-electron chi connectivity index (χ4n) is 2.81. The summed E-state index contributed by atoms with van der Waals surface area (Å²) in [5.74, 6) is 0.126. The second-order valence-corrected chi connectivity index (χ2v) is 6.26. The Balaban J connectivity index is 1.43. The van der Waals surface area contributed by atoms with Gasteiger partial charge in [-0.3, -0.25) is 14.5 Å². The topological polar surface area (TPSA) is 73.0 Å². The molecule has 4 rings (SSSR count). The normalized spacial score (nSPS) is 10.8. The van der Waals surface area contributed by atoms with Gasteiger partial charge in [-0.05, 0) is 54.1 Å². The van der Waals surface area contributed by atoms with Crippen LogP contribution >= 0.6 is 0 Å². The lowest BCUT2D eigenvalue weighted by molar-refractivity contribution is 0.0941. The highest BCUT2D eigenvalue weighted by molar-refractivity contribution is 5.93. The van der Waals surface area contributed by atoms with Crippen LogP contribution in [0, 0.1) is 5.82 Å². The molecule has 0 radical (unpaired) electrons. The summed E-state index contributed by atoms with van der Waals surface area (Å²) in [6.07, 6.45) is 3.30. The molecular weight excluding hydrogens is 359 g/mol. The van der Waals surface area contributed by atoms with Crippen LogP contribution in [0.2, 0.25) is 0 Å². The maximum Gasteiger partial charge on any atom is 0.269 e. The minimum Gasteiger partial charge on any atom is -0.463 e. The zero-order valence-corrected chi connectivity index (χ0v) is 15.1. The van der Waals surface area contributed by atoms with Crippen LogP contribution < -0.4 is 5.32 Å². The molecule has 3 aromatic heterocycles. The van der Waals surface area contributed by atoms with E-state index in [-0.39, 0.29) is 11.7 Å². The summed E-state index contributed by atoms with van der Waals surface area (Å²) in [7, 11) is 1.70. The summed E-state index contributed by atoms with van der Waals surface area (Å²) in [5.41, 5.74) is 3.37. The van der Waals surface area contributed by atoms with Crippen molar-refractivity contribution >= 4 is 5.91 Å². The first kappa shape index (κ1) is 17.7. The molecule has 1 amide bonds. The second kappa shape index (κ2) is 7.48. The van der Waals surface area contributed by atoms with E-state index < -0.39 is 0 Å². The fourth-order valence-corrected chi connectivity index (χ4v) is 2.81. The molecule has 0 unspecified atom stereocenters. The second-order valence-electron chi connectivity index (χ2n) is 6.26. The third kappa shape index (κ3) is 3.68. The molecule has 1 N–H and O–H groups in total. The zero-order chi connectivity index (χ0) is 19.5. The first-order chi connectivity index (χ1) is 13.6. The molecule has 0 aliphatic carbocycles. The first-order valence-corrected chi connectivity index (χ1v) is 8.67.